The van der Waals surface area contributed by atoms with Crippen LogP contribution in [-0.2, 0) is 0 Å². The van der Waals surface area contributed by atoms with Crippen LogP contribution in [0.4, 0.5) is 0 Å². The zero-order chi connectivity index (χ0) is 11.2. The molecule has 1 N–H and O–H groups in total. The first-order valence-corrected chi connectivity index (χ1v) is 8.07. The minimum Gasteiger partial charge on any atom is -0.472 e. The number of rotatable bonds is 5. The second kappa shape index (κ2) is 6.62. The summed E-state index contributed by atoms with van der Waals surface area (Å²) in [6.45, 7) is 3.29. The topological polar surface area (TPSA) is 25.2 Å². The van der Waals surface area contributed by atoms with Gasteiger partial charge in [-0.25, -0.2) is 0 Å². The van der Waals surface area contributed by atoms with Crippen LogP contribution < -0.4 is 5.32 Å². The van der Waals surface area contributed by atoms with Gasteiger partial charge in [0.1, 0.15) is 0 Å². The highest BCUT2D eigenvalue weighted by atomic mass is 32.2. The van der Waals surface area contributed by atoms with E-state index in [0.717, 1.165) is 6.54 Å². The summed E-state index contributed by atoms with van der Waals surface area (Å²) in [6.07, 6.45) is 4.84. The maximum absolute atomic E-state index is 5.21. The van der Waals surface area contributed by atoms with Crippen molar-refractivity contribution in [3.05, 3.63) is 24.2 Å². The van der Waals surface area contributed by atoms with Crippen molar-refractivity contribution in [1.29, 1.82) is 0 Å². The molecule has 1 aliphatic heterocycles. The average Bonchev–Trinajstić information content (AvgIpc) is 2.85. The summed E-state index contributed by atoms with van der Waals surface area (Å²) in [5.74, 6) is 3.82. The van der Waals surface area contributed by atoms with Gasteiger partial charge in [0.2, 0.25) is 0 Å². The Kier molecular flexibility index (Phi) is 5.13. The van der Waals surface area contributed by atoms with Gasteiger partial charge >= 0.3 is 0 Å². The lowest BCUT2D eigenvalue weighted by atomic mass is 10.1. The van der Waals surface area contributed by atoms with E-state index in [0.29, 0.717) is 11.3 Å². The van der Waals surface area contributed by atoms with E-state index in [1.54, 1.807) is 6.26 Å². The van der Waals surface area contributed by atoms with Crippen LogP contribution in [0.2, 0.25) is 0 Å². The maximum Gasteiger partial charge on any atom is 0.0950 e. The largest absolute Gasteiger partial charge is 0.472 e. The van der Waals surface area contributed by atoms with Crippen molar-refractivity contribution in [2.45, 2.75) is 24.6 Å². The molecule has 2 rings (SSSR count). The average molecular weight is 257 g/mol. The molecule has 0 bridgehead atoms. The lowest BCUT2D eigenvalue weighted by Crippen LogP contribution is -2.33. The lowest BCUT2D eigenvalue weighted by Gasteiger charge is -2.29. The zero-order valence-corrected chi connectivity index (χ0v) is 11.3. The maximum atomic E-state index is 5.21. The molecule has 0 aliphatic carbocycles. The first-order valence-electron chi connectivity index (χ1n) is 5.86. The Bertz CT molecular complexity index is 283. The molecule has 0 saturated carbocycles. The van der Waals surface area contributed by atoms with Gasteiger partial charge in [-0.15, -0.1) is 0 Å². The summed E-state index contributed by atoms with van der Waals surface area (Å²) in [5, 5.41) is 4.33. The van der Waals surface area contributed by atoms with Gasteiger partial charge in [0.25, 0.3) is 0 Å². The molecule has 1 aliphatic rings. The van der Waals surface area contributed by atoms with E-state index in [-0.39, 0.29) is 0 Å². The van der Waals surface area contributed by atoms with Gasteiger partial charge in [-0.1, -0.05) is 6.92 Å². The monoisotopic (exact) mass is 257 g/mol. The second-order valence-electron chi connectivity index (χ2n) is 3.97. The van der Waals surface area contributed by atoms with Crippen LogP contribution in [-0.4, -0.2) is 29.1 Å². The molecule has 0 spiro atoms. The van der Waals surface area contributed by atoms with Gasteiger partial charge in [-0.2, -0.15) is 23.5 Å². The molecule has 2 unspecified atom stereocenters. The Labute approximate surface area is 106 Å². The van der Waals surface area contributed by atoms with Crippen molar-refractivity contribution in [3.8, 4) is 0 Å². The molecule has 0 radical (unpaired) electrons. The SMILES string of the molecule is CCCNC(c1ccoc1)C1CSCCS1. The fraction of sp³-hybridized carbons (Fsp3) is 0.667. The molecule has 2 atom stereocenters. The van der Waals surface area contributed by atoms with E-state index in [9.17, 15) is 0 Å². The predicted molar refractivity (Wildman–Crippen MR) is 73.3 cm³/mol. The highest BCUT2D eigenvalue weighted by Crippen LogP contribution is 2.33. The Hall–Kier alpha value is -0.0600. The summed E-state index contributed by atoms with van der Waals surface area (Å²) in [7, 11) is 0. The fourth-order valence-electron chi connectivity index (χ4n) is 1.91. The van der Waals surface area contributed by atoms with Crippen LogP contribution in [0.25, 0.3) is 0 Å². The minimum absolute atomic E-state index is 0.455. The third-order valence-electron chi connectivity index (χ3n) is 2.73. The van der Waals surface area contributed by atoms with E-state index in [1.807, 2.05) is 6.26 Å². The van der Waals surface area contributed by atoms with E-state index >= 15 is 0 Å². The van der Waals surface area contributed by atoms with E-state index in [4.69, 9.17) is 4.42 Å². The lowest BCUT2D eigenvalue weighted by molar-refractivity contribution is 0.513. The van der Waals surface area contributed by atoms with E-state index in [2.05, 4.69) is 41.8 Å². The van der Waals surface area contributed by atoms with Gasteiger partial charge in [0.15, 0.2) is 0 Å². The van der Waals surface area contributed by atoms with Gasteiger partial charge in [-0.05, 0) is 19.0 Å². The first kappa shape index (κ1) is 12.4. The Balaban J connectivity index is 2.01. The van der Waals surface area contributed by atoms with Crippen LogP contribution in [0.3, 0.4) is 0 Å². The zero-order valence-electron chi connectivity index (χ0n) is 9.65. The molecule has 4 heteroatoms. The minimum atomic E-state index is 0.455. The Morgan fingerprint density at radius 3 is 3.12 bits per heavy atom. The van der Waals surface area contributed by atoms with Crippen molar-refractivity contribution < 1.29 is 4.42 Å². The summed E-state index contributed by atoms with van der Waals surface area (Å²) in [4.78, 5) is 0. The number of thioether (sulfide) groups is 2. The normalized spacial score (nSPS) is 23.2. The van der Waals surface area contributed by atoms with Crippen LogP contribution in [0.1, 0.15) is 24.9 Å². The first-order chi connectivity index (χ1) is 7.92. The molecule has 16 heavy (non-hydrogen) atoms. The van der Waals surface area contributed by atoms with Gasteiger partial charge in [-0.3, -0.25) is 0 Å². The quantitative estimate of drug-likeness (QED) is 0.876. The fourth-order valence-corrected chi connectivity index (χ4v) is 4.78. The molecule has 0 amide bonds. The van der Waals surface area contributed by atoms with Gasteiger partial charge in [0, 0.05) is 34.1 Å². The molecule has 1 aromatic rings. The van der Waals surface area contributed by atoms with Gasteiger partial charge < -0.3 is 9.73 Å². The van der Waals surface area contributed by atoms with Crippen molar-refractivity contribution in [3.63, 3.8) is 0 Å². The third kappa shape index (κ3) is 3.22. The highest BCUT2D eigenvalue weighted by molar-refractivity contribution is 8.06. The van der Waals surface area contributed by atoms with Crippen LogP contribution in [0, 0.1) is 0 Å². The van der Waals surface area contributed by atoms with Crippen molar-refractivity contribution in [2.24, 2.45) is 0 Å². The number of nitrogens with one attached hydrogen (secondary N) is 1. The molecule has 1 saturated heterocycles. The molecular formula is C12H19NOS2. The van der Waals surface area contributed by atoms with Crippen molar-refractivity contribution in [1.82, 2.24) is 5.32 Å². The predicted octanol–water partition coefficient (Wildman–Crippen LogP) is 3.17. The molecule has 90 valence electrons. The van der Waals surface area contributed by atoms with Crippen molar-refractivity contribution in [2.75, 3.05) is 23.8 Å². The highest BCUT2D eigenvalue weighted by Gasteiger charge is 2.25. The Morgan fingerprint density at radius 2 is 2.50 bits per heavy atom. The third-order valence-corrected chi connectivity index (χ3v) is 5.59. The summed E-state index contributed by atoms with van der Waals surface area (Å²) >= 11 is 4.17. The molecule has 0 aromatic carbocycles. The molecule has 1 aromatic heterocycles. The van der Waals surface area contributed by atoms with E-state index < -0.39 is 0 Å². The second-order valence-corrected chi connectivity index (χ2v) is 6.47. The summed E-state index contributed by atoms with van der Waals surface area (Å²) < 4.78 is 5.21. The van der Waals surface area contributed by atoms with E-state index in [1.165, 1.54) is 29.2 Å². The molecular weight excluding hydrogens is 238 g/mol. The summed E-state index contributed by atoms with van der Waals surface area (Å²) in [5.41, 5.74) is 1.30. The van der Waals surface area contributed by atoms with Crippen molar-refractivity contribution >= 4 is 23.5 Å². The standard InChI is InChI=1S/C12H19NOS2/c1-2-4-13-12(10-3-5-14-8-10)11-9-15-6-7-16-11/h3,5,8,11-13H,2,4,6-7,9H2,1H3. The molecule has 2 nitrogen and oxygen atoms in total. The Morgan fingerprint density at radius 1 is 1.56 bits per heavy atom. The number of hydrogen-bond donors (Lipinski definition) is 1. The smallest absolute Gasteiger partial charge is 0.0950 e. The van der Waals surface area contributed by atoms with Crippen LogP contribution in [0.15, 0.2) is 23.0 Å². The van der Waals surface area contributed by atoms with Crippen LogP contribution >= 0.6 is 23.5 Å². The molecule has 2 heterocycles. The number of hydrogen-bond acceptors (Lipinski definition) is 4. The number of furan rings is 1. The van der Waals surface area contributed by atoms with Gasteiger partial charge in [0.05, 0.1) is 12.5 Å². The molecule has 1 fully saturated rings. The van der Waals surface area contributed by atoms with Crippen LogP contribution in [0.5, 0.6) is 0 Å². The summed E-state index contributed by atoms with van der Waals surface area (Å²) in [6, 6.07) is 2.55.